The number of aliphatic hydroxyl groups excluding tert-OH is 1. The maximum Gasteiger partial charge on any atom is 0.190 e. The quantitative estimate of drug-likeness (QED) is 0.676. The van der Waals surface area contributed by atoms with E-state index in [2.05, 4.69) is 25.9 Å². The summed E-state index contributed by atoms with van der Waals surface area (Å²) in [4.78, 5) is 21.6. The highest BCUT2D eigenvalue weighted by Crippen LogP contribution is 2.16. The van der Waals surface area contributed by atoms with E-state index in [1.807, 2.05) is 23.6 Å². The number of hydrogen-bond acceptors (Lipinski definition) is 5. The first-order valence-corrected chi connectivity index (χ1v) is 7.62. The van der Waals surface area contributed by atoms with Gasteiger partial charge in [-0.2, -0.15) is 0 Å². The highest BCUT2D eigenvalue weighted by Gasteiger charge is 2.13. The van der Waals surface area contributed by atoms with Crippen LogP contribution in [-0.2, 0) is 6.54 Å². The van der Waals surface area contributed by atoms with Crippen molar-refractivity contribution in [2.24, 2.45) is 4.99 Å². The van der Waals surface area contributed by atoms with Gasteiger partial charge in [0, 0.05) is 19.2 Å². The number of aliphatic hydroxyl groups is 1. The van der Waals surface area contributed by atoms with Crippen molar-refractivity contribution >= 4 is 38.7 Å². The fourth-order valence-corrected chi connectivity index (χ4v) is 3.11. The molecule has 0 aliphatic carbocycles. The Balaban J connectivity index is 2.57. The van der Waals surface area contributed by atoms with Crippen LogP contribution in [0.2, 0.25) is 0 Å². The molecule has 0 saturated heterocycles. The summed E-state index contributed by atoms with van der Waals surface area (Å²) in [6, 6.07) is 3.64. The molecule has 0 aromatic carbocycles. The van der Waals surface area contributed by atoms with Crippen LogP contribution in [-0.4, -0.2) is 27.0 Å². The minimum absolute atomic E-state index is 0.000687. The Labute approximate surface area is 128 Å². The smallest absolute Gasteiger partial charge is 0.190 e. The van der Waals surface area contributed by atoms with E-state index >= 15 is 0 Å². The molecule has 0 spiro atoms. The molecule has 0 radical (unpaired) electrons. The number of carbonyl (C=O) groups is 1. The first-order valence-electron chi connectivity index (χ1n) is 6.01. The maximum absolute atomic E-state index is 11.6. The Bertz CT molecular complexity index is 689. The molecule has 5 nitrogen and oxygen atoms in total. The van der Waals surface area contributed by atoms with Crippen LogP contribution in [0, 0.1) is 6.92 Å². The molecule has 2 aromatic heterocycles. The molecule has 2 rings (SSSR count). The molecule has 20 heavy (non-hydrogen) atoms. The minimum atomic E-state index is 0.000687. The summed E-state index contributed by atoms with van der Waals surface area (Å²) < 4.78 is 2.59. The van der Waals surface area contributed by atoms with Gasteiger partial charge in [0.05, 0.1) is 23.4 Å². The maximum atomic E-state index is 11.6. The lowest BCUT2D eigenvalue weighted by Crippen LogP contribution is -2.18. The molecule has 0 fully saturated rings. The number of hydrogen-bond donors (Lipinski definition) is 1. The van der Waals surface area contributed by atoms with Crippen LogP contribution in [0.15, 0.2) is 27.9 Å². The number of thiazole rings is 1. The van der Waals surface area contributed by atoms with E-state index in [0.717, 1.165) is 10.3 Å². The van der Waals surface area contributed by atoms with E-state index in [1.54, 1.807) is 6.20 Å². The van der Waals surface area contributed by atoms with Crippen LogP contribution in [0.5, 0.6) is 0 Å². The van der Waals surface area contributed by atoms with E-state index < -0.39 is 0 Å². The lowest BCUT2D eigenvalue weighted by atomic mass is 10.3. The second-order valence-electron chi connectivity index (χ2n) is 4.18. The van der Waals surface area contributed by atoms with E-state index in [0.29, 0.717) is 21.9 Å². The zero-order valence-corrected chi connectivity index (χ0v) is 13.5. The monoisotopic (exact) mass is 355 g/mol. The average molecular weight is 356 g/mol. The number of aromatic nitrogens is 2. The largest absolute Gasteiger partial charge is 0.395 e. The van der Waals surface area contributed by atoms with Gasteiger partial charge in [0.15, 0.2) is 10.6 Å². The van der Waals surface area contributed by atoms with Gasteiger partial charge in [0.2, 0.25) is 0 Å². The Hall–Kier alpha value is -1.31. The Morgan fingerprint density at radius 2 is 2.30 bits per heavy atom. The predicted molar refractivity (Wildman–Crippen MR) is 81.3 cm³/mol. The highest BCUT2D eigenvalue weighted by molar-refractivity contribution is 9.10. The summed E-state index contributed by atoms with van der Waals surface area (Å²) in [6.45, 7) is 3.81. The van der Waals surface area contributed by atoms with Gasteiger partial charge < -0.3 is 9.67 Å². The van der Waals surface area contributed by atoms with Gasteiger partial charge in [0.25, 0.3) is 0 Å². The summed E-state index contributed by atoms with van der Waals surface area (Å²) >= 11 is 4.60. The van der Waals surface area contributed by atoms with Crippen molar-refractivity contribution in [3.05, 3.63) is 38.3 Å². The summed E-state index contributed by atoms with van der Waals surface area (Å²) in [7, 11) is 0. The van der Waals surface area contributed by atoms with Crippen molar-refractivity contribution in [3.63, 3.8) is 0 Å². The summed E-state index contributed by atoms with van der Waals surface area (Å²) in [5.74, 6) is 0.00886. The number of ketones is 1. The molecule has 0 atom stereocenters. The average Bonchev–Trinajstić information content (AvgIpc) is 2.71. The van der Waals surface area contributed by atoms with Crippen LogP contribution in [0.3, 0.4) is 0 Å². The number of Topliss-reactive ketones (excluding diaryl/α,β-unsaturated/α-hetero) is 1. The zero-order chi connectivity index (χ0) is 14.7. The van der Waals surface area contributed by atoms with Crippen LogP contribution in [0.25, 0.3) is 0 Å². The zero-order valence-electron chi connectivity index (χ0n) is 11.1. The van der Waals surface area contributed by atoms with E-state index in [-0.39, 0.29) is 12.4 Å². The van der Waals surface area contributed by atoms with Gasteiger partial charge in [-0.3, -0.25) is 4.79 Å². The molecule has 0 aliphatic heterocycles. The number of pyridine rings is 1. The van der Waals surface area contributed by atoms with Crippen molar-refractivity contribution in [1.29, 1.82) is 0 Å². The molecule has 0 aliphatic rings. The molecule has 0 saturated carbocycles. The molecule has 106 valence electrons. The van der Waals surface area contributed by atoms with Gasteiger partial charge in [-0.1, -0.05) is 11.3 Å². The second kappa shape index (κ2) is 6.43. The summed E-state index contributed by atoms with van der Waals surface area (Å²) in [6.07, 6.45) is 1.65. The molecular weight excluding hydrogens is 342 g/mol. The molecule has 1 N–H and O–H groups in total. The standard InChI is InChI=1S/C13H14BrN3O2S/c1-8-12(9(2)19)20-13(17(8)5-6-18)16-10-3-4-11(14)15-7-10/h3-4,7,18H,5-6H2,1-2H3. The lowest BCUT2D eigenvalue weighted by molar-refractivity contribution is 0.102. The van der Waals surface area contributed by atoms with Crippen molar-refractivity contribution < 1.29 is 9.90 Å². The molecule has 2 heterocycles. The molecule has 0 bridgehead atoms. The molecule has 0 unspecified atom stereocenters. The van der Waals surface area contributed by atoms with Crippen molar-refractivity contribution in [3.8, 4) is 0 Å². The van der Waals surface area contributed by atoms with Crippen molar-refractivity contribution in [2.75, 3.05) is 6.61 Å². The van der Waals surface area contributed by atoms with Crippen LogP contribution >= 0.6 is 27.3 Å². The number of rotatable bonds is 4. The fraction of sp³-hybridized carbons (Fsp3) is 0.308. The number of nitrogens with zero attached hydrogens (tertiary/aromatic N) is 3. The van der Waals surface area contributed by atoms with Gasteiger partial charge >= 0.3 is 0 Å². The Morgan fingerprint density at radius 1 is 1.55 bits per heavy atom. The molecule has 0 amide bonds. The summed E-state index contributed by atoms with van der Waals surface area (Å²) in [5.41, 5.74) is 1.54. The Kier molecular flexibility index (Phi) is 4.85. The third-order valence-corrected chi connectivity index (χ3v) is 4.49. The molecule has 7 heteroatoms. The van der Waals surface area contributed by atoms with E-state index in [9.17, 15) is 4.79 Å². The van der Waals surface area contributed by atoms with E-state index in [4.69, 9.17) is 5.11 Å². The van der Waals surface area contributed by atoms with Crippen LogP contribution < -0.4 is 4.80 Å². The minimum Gasteiger partial charge on any atom is -0.395 e. The normalized spacial score (nSPS) is 11.9. The van der Waals surface area contributed by atoms with Crippen LogP contribution in [0.4, 0.5) is 5.69 Å². The van der Waals surface area contributed by atoms with Gasteiger partial charge in [-0.15, -0.1) is 0 Å². The SMILES string of the molecule is CC(=O)c1sc(=Nc2ccc(Br)nc2)n(CCO)c1C. The van der Waals surface area contributed by atoms with Crippen LogP contribution in [0.1, 0.15) is 22.3 Å². The first kappa shape index (κ1) is 15.1. The summed E-state index contributed by atoms with van der Waals surface area (Å²) in [5, 5.41) is 9.16. The number of carbonyl (C=O) groups excluding carboxylic acids is 1. The van der Waals surface area contributed by atoms with Crippen molar-refractivity contribution in [2.45, 2.75) is 20.4 Å². The fourth-order valence-electron chi connectivity index (χ4n) is 1.80. The predicted octanol–water partition coefficient (Wildman–Crippen LogP) is 2.44. The lowest BCUT2D eigenvalue weighted by Gasteiger charge is -2.03. The number of halogens is 1. The second-order valence-corrected chi connectivity index (χ2v) is 5.97. The van der Waals surface area contributed by atoms with E-state index in [1.165, 1.54) is 18.3 Å². The van der Waals surface area contributed by atoms with Crippen molar-refractivity contribution in [1.82, 2.24) is 9.55 Å². The molecular formula is C13H14BrN3O2S. The van der Waals surface area contributed by atoms with Gasteiger partial charge in [0.1, 0.15) is 4.60 Å². The first-order chi connectivity index (χ1) is 9.52. The third kappa shape index (κ3) is 3.23. The highest BCUT2D eigenvalue weighted by atomic mass is 79.9. The topological polar surface area (TPSA) is 67.5 Å². The van der Waals surface area contributed by atoms with Gasteiger partial charge in [-0.25, -0.2) is 9.98 Å². The van der Waals surface area contributed by atoms with Gasteiger partial charge in [-0.05, 0) is 35.0 Å². The molecule has 2 aromatic rings. The Morgan fingerprint density at radius 3 is 2.85 bits per heavy atom. The third-order valence-electron chi connectivity index (χ3n) is 2.74.